The number of halogens is 1. The molecule has 100 valence electrons. The molecule has 1 fully saturated rings. The first-order valence-electron chi connectivity index (χ1n) is 6.08. The van der Waals surface area contributed by atoms with Gasteiger partial charge in [-0.3, -0.25) is 0 Å². The van der Waals surface area contributed by atoms with Gasteiger partial charge in [0.05, 0.1) is 4.90 Å². The highest BCUT2D eigenvalue weighted by Gasteiger charge is 2.31. The minimum Gasteiger partial charge on any atom is -0.208 e. The zero-order valence-corrected chi connectivity index (χ0v) is 11.6. The van der Waals surface area contributed by atoms with Crippen LogP contribution < -0.4 is 4.72 Å². The molecule has 1 saturated carbocycles. The van der Waals surface area contributed by atoms with E-state index in [2.05, 4.69) is 11.6 Å². The highest BCUT2D eigenvalue weighted by molar-refractivity contribution is 7.89. The number of hydrogen-bond donors (Lipinski definition) is 1. The fourth-order valence-corrected chi connectivity index (χ4v) is 4.31. The van der Waals surface area contributed by atoms with Crippen molar-refractivity contribution in [1.82, 2.24) is 4.72 Å². The van der Waals surface area contributed by atoms with E-state index in [1.807, 2.05) is 0 Å². The van der Waals surface area contributed by atoms with Crippen LogP contribution in [0.3, 0.4) is 0 Å². The van der Waals surface area contributed by atoms with Crippen LogP contribution >= 0.6 is 0 Å². The Bertz CT molecular complexity index is 539. The second kappa shape index (κ2) is 4.63. The molecule has 0 aromatic heterocycles. The van der Waals surface area contributed by atoms with Gasteiger partial charge in [0.1, 0.15) is 5.82 Å². The van der Waals surface area contributed by atoms with Crippen molar-refractivity contribution in [2.45, 2.75) is 44.6 Å². The first-order valence-corrected chi connectivity index (χ1v) is 7.57. The van der Waals surface area contributed by atoms with E-state index in [-0.39, 0.29) is 10.9 Å². The quantitative estimate of drug-likeness (QED) is 0.918. The summed E-state index contributed by atoms with van der Waals surface area (Å²) < 4.78 is 40.4. The SMILES string of the molecule is Cc1cc(F)cc(C)c1S(=O)(=O)NC1CC(C)C1. The number of rotatable bonds is 3. The summed E-state index contributed by atoms with van der Waals surface area (Å²) in [5.41, 5.74) is 0.903. The lowest BCUT2D eigenvalue weighted by Gasteiger charge is -2.33. The Hall–Kier alpha value is -0.940. The fraction of sp³-hybridized carbons (Fsp3) is 0.538. The van der Waals surface area contributed by atoms with E-state index < -0.39 is 15.8 Å². The maximum Gasteiger partial charge on any atom is 0.241 e. The molecule has 18 heavy (non-hydrogen) atoms. The Labute approximate surface area is 107 Å². The van der Waals surface area contributed by atoms with Gasteiger partial charge < -0.3 is 0 Å². The summed E-state index contributed by atoms with van der Waals surface area (Å²) in [5.74, 6) is 0.175. The van der Waals surface area contributed by atoms with E-state index in [0.29, 0.717) is 17.0 Å². The molecule has 0 spiro atoms. The summed E-state index contributed by atoms with van der Waals surface area (Å²) in [6.07, 6.45) is 1.75. The molecule has 0 heterocycles. The largest absolute Gasteiger partial charge is 0.241 e. The third-order valence-electron chi connectivity index (χ3n) is 3.39. The van der Waals surface area contributed by atoms with Gasteiger partial charge in [0.2, 0.25) is 10.0 Å². The maximum atomic E-state index is 13.2. The Morgan fingerprint density at radius 3 is 2.17 bits per heavy atom. The summed E-state index contributed by atoms with van der Waals surface area (Å²) in [5, 5.41) is 0. The highest BCUT2D eigenvalue weighted by atomic mass is 32.2. The van der Waals surface area contributed by atoms with Crippen LogP contribution in [0.15, 0.2) is 17.0 Å². The van der Waals surface area contributed by atoms with Crippen LogP contribution in [0.2, 0.25) is 0 Å². The summed E-state index contributed by atoms with van der Waals surface area (Å²) in [6.45, 7) is 5.33. The Morgan fingerprint density at radius 2 is 1.72 bits per heavy atom. The number of benzene rings is 1. The van der Waals surface area contributed by atoms with Gasteiger partial charge in [-0.25, -0.2) is 17.5 Å². The zero-order chi connectivity index (χ0) is 13.5. The molecular weight excluding hydrogens is 253 g/mol. The third kappa shape index (κ3) is 2.57. The van der Waals surface area contributed by atoms with Crippen molar-refractivity contribution in [2.75, 3.05) is 0 Å². The molecule has 0 atom stereocenters. The van der Waals surface area contributed by atoms with E-state index in [9.17, 15) is 12.8 Å². The molecule has 1 aromatic carbocycles. The van der Waals surface area contributed by atoms with Crippen LogP contribution in [0, 0.1) is 25.6 Å². The standard InChI is InChI=1S/C13H18FNO2S/c1-8-4-12(5-8)15-18(16,17)13-9(2)6-11(14)7-10(13)3/h6-8,12,15H,4-5H2,1-3H3. The third-order valence-corrected chi connectivity index (χ3v) is 5.21. The molecule has 5 heteroatoms. The van der Waals surface area contributed by atoms with Gasteiger partial charge >= 0.3 is 0 Å². The lowest BCUT2D eigenvalue weighted by Crippen LogP contribution is -2.43. The molecule has 0 bridgehead atoms. The molecule has 0 aliphatic heterocycles. The van der Waals surface area contributed by atoms with E-state index in [1.165, 1.54) is 12.1 Å². The van der Waals surface area contributed by atoms with E-state index in [0.717, 1.165) is 12.8 Å². The number of aryl methyl sites for hydroxylation is 2. The van der Waals surface area contributed by atoms with Crippen LogP contribution in [-0.4, -0.2) is 14.5 Å². The molecule has 3 nitrogen and oxygen atoms in total. The minimum atomic E-state index is -3.54. The van der Waals surface area contributed by atoms with Crippen LogP contribution in [0.25, 0.3) is 0 Å². The number of sulfonamides is 1. The smallest absolute Gasteiger partial charge is 0.208 e. The Morgan fingerprint density at radius 1 is 1.22 bits per heavy atom. The van der Waals surface area contributed by atoms with Crippen molar-refractivity contribution in [3.63, 3.8) is 0 Å². The molecule has 1 aliphatic carbocycles. The molecule has 1 aromatic rings. The van der Waals surface area contributed by atoms with E-state index >= 15 is 0 Å². The topological polar surface area (TPSA) is 46.2 Å². The van der Waals surface area contributed by atoms with Gasteiger partial charge in [-0.1, -0.05) is 6.92 Å². The molecule has 0 unspecified atom stereocenters. The monoisotopic (exact) mass is 271 g/mol. The number of nitrogens with one attached hydrogen (secondary N) is 1. The lowest BCUT2D eigenvalue weighted by atomic mass is 9.83. The van der Waals surface area contributed by atoms with Crippen molar-refractivity contribution in [3.8, 4) is 0 Å². The van der Waals surface area contributed by atoms with Crippen LogP contribution in [0.4, 0.5) is 4.39 Å². The van der Waals surface area contributed by atoms with Gasteiger partial charge in [-0.15, -0.1) is 0 Å². The molecule has 2 rings (SSSR count). The summed E-state index contributed by atoms with van der Waals surface area (Å²) in [4.78, 5) is 0.212. The first kappa shape index (κ1) is 13.5. The molecule has 1 aliphatic rings. The minimum absolute atomic E-state index is 0.0221. The summed E-state index contributed by atoms with van der Waals surface area (Å²) >= 11 is 0. The van der Waals surface area contributed by atoms with Crippen LogP contribution in [0.5, 0.6) is 0 Å². The van der Waals surface area contributed by atoms with E-state index in [4.69, 9.17) is 0 Å². The van der Waals surface area contributed by atoms with Gasteiger partial charge in [0.25, 0.3) is 0 Å². The van der Waals surface area contributed by atoms with Crippen molar-refractivity contribution in [3.05, 3.63) is 29.1 Å². The molecule has 1 N–H and O–H groups in total. The van der Waals surface area contributed by atoms with Gasteiger partial charge in [0.15, 0.2) is 0 Å². The average molecular weight is 271 g/mol. The summed E-state index contributed by atoms with van der Waals surface area (Å²) in [7, 11) is -3.54. The molecule has 0 saturated heterocycles. The maximum absolute atomic E-state index is 13.2. The fourth-order valence-electron chi connectivity index (χ4n) is 2.60. The van der Waals surface area contributed by atoms with Crippen molar-refractivity contribution < 1.29 is 12.8 Å². The van der Waals surface area contributed by atoms with Gasteiger partial charge in [0, 0.05) is 6.04 Å². The molecule has 0 radical (unpaired) electrons. The summed E-state index contributed by atoms with van der Waals surface area (Å²) in [6, 6.07) is 2.53. The molecular formula is C13H18FNO2S. The second-order valence-electron chi connectivity index (χ2n) is 5.26. The normalized spacial score (nSPS) is 23.8. The lowest BCUT2D eigenvalue weighted by molar-refractivity contribution is 0.270. The second-order valence-corrected chi connectivity index (χ2v) is 6.91. The zero-order valence-electron chi connectivity index (χ0n) is 10.8. The Kier molecular flexibility index (Phi) is 3.47. The van der Waals surface area contributed by atoms with Gasteiger partial charge in [-0.05, 0) is 55.9 Å². The van der Waals surface area contributed by atoms with Crippen molar-refractivity contribution in [1.29, 1.82) is 0 Å². The highest BCUT2D eigenvalue weighted by Crippen LogP contribution is 2.29. The van der Waals surface area contributed by atoms with Crippen LogP contribution in [0.1, 0.15) is 30.9 Å². The Balaban J connectivity index is 2.30. The average Bonchev–Trinajstić information content (AvgIpc) is 2.11. The van der Waals surface area contributed by atoms with E-state index in [1.54, 1.807) is 13.8 Å². The van der Waals surface area contributed by atoms with Gasteiger partial charge in [-0.2, -0.15) is 0 Å². The predicted octanol–water partition coefficient (Wildman–Crippen LogP) is 2.52. The van der Waals surface area contributed by atoms with Crippen LogP contribution in [-0.2, 0) is 10.0 Å². The van der Waals surface area contributed by atoms with Crippen molar-refractivity contribution >= 4 is 10.0 Å². The van der Waals surface area contributed by atoms with Crippen molar-refractivity contribution in [2.24, 2.45) is 5.92 Å². The predicted molar refractivity (Wildman–Crippen MR) is 68.4 cm³/mol. The molecule has 0 amide bonds. The first-order chi connectivity index (χ1) is 8.29. The number of hydrogen-bond acceptors (Lipinski definition) is 2.